The van der Waals surface area contributed by atoms with Gasteiger partial charge in [-0.1, -0.05) is 23.7 Å². The minimum absolute atomic E-state index is 0.244. The van der Waals surface area contributed by atoms with Crippen molar-refractivity contribution in [2.24, 2.45) is 0 Å². The quantitative estimate of drug-likeness (QED) is 0.936. The highest BCUT2D eigenvalue weighted by Crippen LogP contribution is 2.30. The smallest absolute Gasteiger partial charge is 0.176 e. The largest absolute Gasteiger partial charge is 0.508 e. The van der Waals surface area contributed by atoms with Crippen molar-refractivity contribution < 1.29 is 9.84 Å². The van der Waals surface area contributed by atoms with Gasteiger partial charge >= 0.3 is 0 Å². The van der Waals surface area contributed by atoms with Crippen molar-refractivity contribution >= 4 is 11.6 Å². The van der Waals surface area contributed by atoms with Crippen LogP contribution in [0.5, 0.6) is 11.5 Å². The van der Waals surface area contributed by atoms with E-state index in [1.807, 2.05) is 6.07 Å². The van der Waals surface area contributed by atoms with Gasteiger partial charge in [-0.05, 0) is 43.4 Å². The summed E-state index contributed by atoms with van der Waals surface area (Å²) in [7, 11) is 0. The minimum atomic E-state index is 0.244. The molecule has 106 valence electrons. The molecule has 2 aromatic rings. The Hall–Kier alpha value is -1.68. The molecule has 0 unspecified atom stereocenters. The van der Waals surface area contributed by atoms with E-state index >= 15 is 0 Å². The first-order valence-electron chi connectivity index (χ1n) is 6.88. The average molecular weight is 293 g/mol. The number of aromatic nitrogens is 2. The van der Waals surface area contributed by atoms with Crippen molar-refractivity contribution in [3.05, 3.63) is 41.2 Å². The molecule has 1 aliphatic carbocycles. The number of halogens is 1. The molecular weight excluding hydrogens is 276 g/mol. The van der Waals surface area contributed by atoms with Crippen LogP contribution in [-0.2, 0) is 6.54 Å². The van der Waals surface area contributed by atoms with Crippen LogP contribution in [0.1, 0.15) is 31.2 Å². The maximum Gasteiger partial charge on any atom is 0.176 e. The number of ether oxygens (including phenoxy) is 1. The normalized spacial score (nSPS) is 15.7. The molecule has 1 aromatic carbocycles. The maximum atomic E-state index is 9.47. The van der Waals surface area contributed by atoms with E-state index in [0.29, 0.717) is 17.4 Å². The topological polar surface area (TPSA) is 47.3 Å². The molecule has 0 atom stereocenters. The summed E-state index contributed by atoms with van der Waals surface area (Å²) in [4.78, 5) is 0. The first-order chi connectivity index (χ1) is 9.72. The summed E-state index contributed by atoms with van der Waals surface area (Å²) < 4.78 is 7.56. The first-order valence-corrected chi connectivity index (χ1v) is 7.26. The van der Waals surface area contributed by atoms with E-state index < -0.39 is 0 Å². The van der Waals surface area contributed by atoms with E-state index in [0.717, 1.165) is 18.4 Å². The van der Waals surface area contributed by atoms with E-state index in [1.165, 1.54) is 12.8 Å². The summed E-state index contributed by atoms with van der Waals surface area (Å²) in [6.07, 6.45) is 6.57. The van der Waals surface area contributed by atoms with Crippen LogP contribution >= 0.6 is 11.6 Å². The van der Waals surface area contributed by atoms with Crippen molar-refractivity contribution in [1.29, 1.82) is 0 Å². The number of nitrogens with zero attached hydrogens (tertiary/aromatic N) is 2. The molecule has 1 heterocycles. The number of phenolic OH excluding ortho intramolecular Hbond substituents is 1. The van der Waals surface area contributed by atoms with E-state index in [9.17, 15) is 5.11 Å². The van der Waals surface area contributed by atoms with Crippen LogP contribution in [0, 0.1) is 0 Å². The predicted molar refractivity (Wildman–Crippen MR) is 77.3 cm³/mol. The lowest BCUT2D eigenvalue weighted by Crippen LogP contribution is -2.10. The van der Waals surface area contributed by atoms with Crippen molar-refractivity contribution in [3.63, 3.8) is 0 Å². The Morgan fingerprint density at radius 2 is 2.15 bits per heavy atom. The van der Waals surface area contributed by atoms with Gasteiger partial charge in [0.05, 0.1) is 18.8 Å². The van der Waals surface area contributed by atoms with E-state index in [1.54, 1.807) is 29.1 Å². The molecular formula is C15H17ClN2O2. The Kier molecular flexibility index (Phi) is 3.83. The van der Waals surface area contributed by atoms with Crippen LogP contribution in [0.4, 0.5) is 0 Å². The van der Waals surface area contributed by atoms with Gasteiger partial charge in [0.1, 0.15) is 5.75 Å². The predicted octanol–water partition coefficient (Wildman–Crippen LogP) is 3.61. The number of aromatic hydroxyl groups is 1. The van der Waals surface area contributed by atoms with E-state index in [-0.39, 0.29) is 11.9 Å². The molecule has 1 saturated carbocycles. The number of rotatable bonds is 4. The number of benzene rings is 1. The van der Waals surface area contributed by atoms with Gasteiger partial charge in [-0.15, -0.1) is 0 Å². The summed E-state index contributed by atoms with van der Waals surface area (Å²) in [5.74, 6) is 0.895. The van der Waals surface area contributed by atoms with Gasteiger partial charge in [0.2, 0.25) is 0 Å². The zero-order chi connectivity index (χ0) is 13.9. The highest BCUT2D eigenvalue weighted by atomic mass is 35.5. The van der Waals surface area contributed by atoms with Crippen molar-refractivity contribution in [1.82, 2.24) is 9.78 Å². The lowest BCUT2D eigenvalue weighted by molar-refractivity contribution is 0.210. The van der Waals surface area contributed by atoms with Crippen LogP contribution in [-0.4, -0.2) is 21.0 Å². The summed E-state index contributed by atoms with van der Waals surface area (Å²) in [5, 5.41) is 14.2. The molecule has 1 aliphatic rings. The Bertz CT molecular complexity index is 591. The Balaban J connectivity index is 1.72. The molecule has 3 rings (SSSR count). The van der Waals surface area contributed by atoms with E-state index in [2.05, 4.69) is 5.10 Å². The molecule has 0 saturated heterocycles. The summed E-state index contributed by atoms with van der Waals surface area (Å²) in [6, 6.07) is 7.07. The van der Waals surface area contributed by atoms with Crippen LogP contribution in [0.25, 0.3) is 0 Å². The van der Waals surface area contributed by atoms with Gasteiger partial charge < -0.3 is 9.84 Å². The molecule has 20 heavy (non-hydrogen) atoms. The SMILES string of the molecule is Oc1cccc(Cn2ncc(OC3CCCC3)c2Cl)c1. The minimum Gasteiger partial charge on any atom is -0.508 e. The number of phenols is 1. The third-order valence-electron chi connectivity index (χ3n) is 3.58. The van der Waals surface area contributed by atoms with Crippen LogP contribution in [0.2, 0.25) is 5.15 Å². The molecule has 1 N–H and O–H groups in total. The van der Waals surface area contributed by atoms with Crippen LogP contribution < -0.4 is 4.74 Å². The summed E-state index contributed by atoms with van der Waals surface area (Å²) >= 11 is 6.31. The molecule has 0 aliphatic heterocycles. The van der Waals surface area contributed by atoms with E-state index in [4.69, 9.17) is 16.3 Å². The standard InChI is InChI=1S/C15H17ClN2O2/c16-15-14(20-13-6-1-2-7-13)9-17-18(15)10-11-4-3-5-12(19)8-11/h3-5,8-9,13,19H,1-2,6-7,10H2. The van der Waals surface area contributed by atoms with Gasteiger partial charge in [0.15, 0.2) is 10.9 Å². The summed E-state index contributed by atoms with van der Waals surface area (Å²) in [6.45, 7) is 0.515. The van der Waals surface area contributed by atoms with Crippen LogP contribution in [0.3, 0.4) is 0 Å². The lowest BCUT2D eigenvalue weighted by Gasteiger charge is -2.11. The molecule has 1 aromatic heterocycles. The molecule has 0 spiro atoms. The molecule has 0 radical (unpaired) electrons. The fraction of sp³-hybridized carbons (Fsp3) is 0.400. The fourth-order valence-corrected chi connectivity index (χ4v) is 2.75. The second-order valence-electron chi connectivity index (χ2n) is 5.15. The highest BCUT2D eigenvalue weighted by molar-refractivity contribution is 6.31. The fourth-order valence-electron chi connectivity index (χ4n) is 2.56. The molecule has 0 bridgehead atoms. The Morgan fingerprint density at radius 3 is 2.90 bits per heavy atom. The molecule has 0 amide bonds. The molecule has 4 nitrogen and oxygen atoms in total. The van der Waals surface area contributed by atoms with Crippen molar-refractivity contribution in [3.8, 4) is 11.5 Å². The molecule has 1 fully saturated rings. The van der Waals surface area contributed by atoms with Crippen molar-refractivity contribution in [2.75, 3.05) is 0 Å². The Morgan fingerprint density at radius 1 is 1.35 bits per heavy atom. The second kappa shape index (κ2) is 5.75. The third-order valence-corrected chi connectivity index (χ3v) is 3.96. The first kappa shape index (κ1) is 13.3. The van der Waals surface area contributed by atoms with Crippen LogP contribution in [0.15, 0.2) is 30.5 Å². The van der Waals surface area contributed by atoms with Gasteiger partial charge in [0, 0.05) is 0 Å². The third kappa shape index (κ3) is 2.90. The number of hydrogen-bond donors (Lipinski definition) is 1. The zero-order valence-corrected chi connectivity index (χ0v) is 11.9. The zero-order valence-electron chi connectivity index (χ0n) is 11.1. The number of hydrogen-bond acceptors (Lipinski definition) is 3. The monoisotopic (exact) mass is 292 g/mol. The Labute approximate surface area is 122 Å². The van der Waals surface area contributed by atoms with Gasteiger partial charge in [-0.2, -0.15) is 5.10 Å². The second-order valence-corrected chi connectivity index (χ2v) is 5.51. The van der Waals surface area contributed by atoms with Gasteiger partial charge in [0.25, 0.3) is 0 Å². The van der Waals surface area contributed by atoms with Gasteiger partial charge in [-0.25, -0.2) is 4.68 Å². The summed E-state index contributed by atoms with van der Waals surface area (Å²) in [5.41, 5.74) is 0.947. The maximum absolute atomic E-state index is 9.47. The van der Waals surface area contributed by atoms with Gasteiger partial charge in [-0.3, -0.25) is 0 Å². The highest BCUT2D eigenvalue weighted by Gasteiger charge is 2.19. The average Bonchev–Trinajstić information content (AvgIpc) is 3.04. The van der Waals surface area contributed by atoms with Crippen molar-refractivity contribution in [2.45, 2.75) is 38.3 Å². The lowest BCUT2D eigenvalue weighted by atomic mass is 10.2. The molecule has 5 heteroatoms.